The van der Waals surface area contributed by atoms with Gasteiger partial charge in [-0.1, -0.05) is 17.7 Å². The summed E-state index contributed by atoms with van der Waals surface area (Å²) in [5.41, 5.74) is 7.35. The zero-order chi connectivity index (χ0) is 14.0. The second kappa shape index (κ2) is 5.16. The molecule has 98 valence electrons. The Morgan fingerprint density at radius 3 is 2.84 bits per heavy atom. The Hall–Kier alpha value is -2.27. The lowest BCUT2D eigenvalue weighted by atomic mass is 10.2. The van der Waals surface area contributed by atoms with E-state index in [0.717, 1.165) is 5.56 Å². The molecule has 1 aromatic carbocycles. The number of carboxylic acid groups (broad SMARTS) is 1. The molecule has 0 spiro atoms. The number of nitrogens with zero attached hydrogens (tertiary/aromatic N) is 1. The third-order valence-corrected chi connectivity index (χ3v) is 2.88. The van der Waals surface area contributed by atoms with Gasteiger partial charge in [-0.05, 0) is 30.7 Å². The first kappa shape index (κ1) is 13.2. The van der Waals surface area contributed by atoms with Gasteiger partial charge in [-0.15, -0.1) is 0 Å². The van der Waals surface area contributed by atoms with Crippen LogP contribution in [-0.4, -0.2) is 16.1 Å². The van der Waals surface area contributed by atoms with E-state index in [4.69, 9.17) is 22.4 Å². The molecule has 2 aromatic rings. The standard InChI is InChI=1S/C13H12ClN3O2/c1-7-2-3-9(14)11(4-7)17-12-5-8(13(18)19)10(15)6-16-12/h2-6H,15H2,1H3,(H,16,17)(H,18,19). The van der Waals surface area contributed by atoms with E-state index in [1.165, 1.54) is 12.3 Å². The van der Waals surface area contributed by atoms with Gasteiger partial charge in [0, 0.05) is 0 Å². The van der Waals surface area contributed by atoms with Crippen molar-refractivity contribution >= 4 is 34.8 Å². The van der Waals surface area contributed by atoms with Crippen LogP contribution in [0.2, 0.25) is 5.02 Å². The van der Waals surface area contributed by atoms with E-state index in [0.29, 0.717) is 16.5 Å². The number of nitrogens with one attached hydrogen (secondary N) is 1. The molecule has 0 saturated carbocycles. The van der Waals surface area contributed by atoms with Crippen LogP contribution in [0.25, 0.3) is 0 Å². The number of benzene rings is 1. The van der Waals surface area contributed by atoms with Crippen LogP contribution in [0.3, 0.4) is 0 Å². The molecule has 0 radical (unpaired) electrons. The number of hydrogen-bond acceptors (Lipinski definition) is 4. The summed E-state index contributed by atoms with van der Waals surface area (Å²) in [5.74, 6) is -0.725. The zero-order valence-corrected chi connectivity index (χ0v) is 10.9. The van der Waals surface area contributed by atoms with Gasteiger partial charge in [0.15, 0.2) is 0 Å². The number of aromatic carboxylic acids is 1. The van der Waals surface area contributed by atoms with Crippen LogP contribution in [0.4, 0.5) is 17.2 Å². The van der Waals surface area contributed by atoms with Crippen molar-refractivity contribution in [3.63, 3.8) is 0 Å². The minimum atomic E-state index is -1.10. The number of nitrogen functional groups attached to an aromatic ring is 1. The Kier molecular flexibility index (Phi) is 3.57. The van der Waals surface area contributed by atoms with E-state index >= 15 is 0 Å². The van der Waals surface area contributed by atoms with Gasteiger partial charge in [0.25, 0.3) is 0 Å². The first-order valence-electron chi connectivity index (χ1n) is 5.49. The van der Waals surface area contributed by atoms with Crippen molar-refractivity contribution < 1.29 is 9.90 Å². The van der Waals surface area contributed by atoms with Gasteiger partial charge in [0.1, 0.15) is 5.82 Å². The molecule has 0 aliphatic heterocycles. The predicted octanol–water partition coefficient (Wildman–Crippen LogP) is 3.07. The van der Waals surface area contributed by atoms with Crippen LogP contribution in [0.5, 0.6) is 0 Å². The summed E-state index contributed by atoms with van der Waals surface area (Å²) in [6.45, 7) is 1.93. The van der Waals surface area contributed by atoms with E-state index in [9.17, 15) is 4.79 Å². The maximum atomic E-state index is 11.0. The summed E-state index contributed by atoms with van der Waals surface area (Å²) in [7, 11) is 0. The Bertz CT molecular complexity index is 644. The molecule has 0 amide bonds. The first-order valence-corrected chi connectivity index (χ1v) is 5.87. The maximum absolute atomic E-state index is 11.0. The molecule has 1 heterocycles. The maximum Gasteiger partial charge on any atom is 0.337 e. The van der Waals surface area contributed by atoms with Crippen LogP contribution in [-0.2, 0) is 0 Å². The number of halogens is 1. The number of carboxylic acids is 1. The van der Waals surface area contributed by atoms with Crippen LogP contribution >= 0.6 is 11.6 Å². The van der Waals surface area contributed by atoms with Crippen LogP contribution in [0, 0.1) is 6.92 Å². The van der Waals surface area contributed by atoms with Gasteiger partial charge < -0.3 is 16.2 Å². The molecule has 0 fully saturated rings. The lowest BCUT2D eigenvalue weighted by Crippen LogP contribution is -2.05. The molecule has 1 aromatic heterocycles. The molecule has 2 rings (SSSR count). The molecule has 0 bridgehead atoms. The van der Waals surface area contributed by atoms with Crippen molar-refractivity contribution in [3.05, 3.63) is 46.6 Å². The fourth-order valence-electron chi connectivity index (χ4n) is 1.59. The molecule has 19 heavy (non-hydrogen) atoms. The molecular weight excluding hydrogens is 266 g/mol. The lowest BCUT2D eigenvalue weighted by molar-refractivity contribution is 0.0698. The highest BCUT2D eigenvalue weighted by Crippen LogP contribution is 2.26. The molecule has 0 saturated heterocycles. The van der Waals surface area contributed by atoms with Crippen molar-refractivity contribution in [1.29, 1.82) is 0 Å². The Balaban J connectivity index is 2.36. The van der Waals surface area contributed by atoms with Crippen molar-refractivity contribution in [2.45, 2.75) is 6.92 Å². The summed E-state index contributed by atoms with van der Waals surface area (Å²) in [6, 6.07) is 6.86. The van der Waals surface area contributed by atoms with Gasteiger partial charge in [-0.25, -0.2) is 9.78 Å². The monoisotopic (exact) mass is 277 g/mol. The molecule has 0 unspecified atom stereocenters. The second-order valence-corrected chi connectivity index (χ2v) is 4.48. The van der Waals surface area contributed by atoms with Crippen molar-refractivity contribution in [2.24, 2.45) is 0 Å². The number of hydrogen-bond donors (Lipinski definition) is 3. The molecule has 6 heteroatoms. The quantitative estimate of drug-likeness (QED) is 0.802. The number of rotatable bonds is 3. The largest absolute Gasteiger partial charge is 0.478 e. The highest BCUT2D eigenvalue weighted by atomic mass is 35.5. The van der Waals surface area contributed by atoms with Crippen molar-refractivity contribution in [1.82, 2.24) is 4.98 Å². The third kappa shape index (κ3) is 2.95. The number of nitrogens with two attached hydrogens (primary N) is 1. The third-order valence-electron chi connectivity index (χ3n) is 2.55. The van der Waals surface area contributed by atoms with E-state index < -0.39 is 5.97 Å². The average Bonchev–Trinajstić information content (AvgIpc) is 2.36. The van der Waals surface area contributed by atoms with E-state index in [1.807, 2.05) is 19.1 Å². The predicted molar refractivity (Wildman–Crippen MR) is 75.1 cm³/mol. The fourth-order valence-corrected chi connectivity index (χ4v) is 1.76. The zero-order valence-electron chi connectivity index (χ0n) is 10.1. The summed E-state index contributed by atoms with van der Waals surface area (Å²) < 4.78 is 0. The highest BCUT2D eigenvalue weighted by molar-refractivity contribution is 6.33. The smallest absolute Gasteiger partial charge is 0.337 e. The molecule has 4 N–H and O–H groups in total. The Labute approximate surface area is 115 Å². The summed E-state index contributed by atoms with van der Waals surface area (Å²) >= 11 is 6.05. The molecule has 0 aliphatic rings. The van der Waals surface area contributed by atoms with Gasteiger partial charge in [-0.2, -0.15) is 0 Å². The number of anilines is 3. The minimum absolute atomic E-state index is 0.00118. The topological polar surface area (TPSA) is 88.2 Å². The fraction of sp³-hybridized carbons (Fsp3) is 0.0769. The number of aryl methyl sites for hydroxylation is 1. The normalized spacial score (nSPS) is 10.2. The van der Waals surface area contributed by atoms with Crippen LogP contribution in [0.15, 0.2) is 30.5 Å². The van der Waals surface area contributed by atoms with E-state index in [-0.39, 0.29) is 11.3 Å². The van der Waals surface area contributed by atoms with Gasteiger partial charge in [0.2, 0.25) is 0 Å². The van der Waals surface area contributed by atoms with Gasteiger partial charge in [-0.3, -0.25) is 0 Å². The molecular formula is C13H12ClN3O2. The minimum Gasteiger partial charge on any atom is -0.478 e. The SMILES string of the molecule is Cc1ccc(Cl)c(Nc2cc(C(=O)O)c(N)cn2)c1. The Morgan fingerprint density at radius 2 is 2.16 bits per heavy atom. The van der Waals surface area contributed by atoms with Gasteiger partial charge in [0.05, 0.1) is 28.2 Å². The summed E-state index contributed by atoms with van der Waals surface area (Å²) in [6.07, 6.45) is 1.30. The number of pyridine rings is 1. The Morgan fingerprint density at radius 1 is 1.42 bits per heavy atom. The average molecular weight is 278 g/mol. The number of aromatic nitrogens is 1. The highest BCUT2D eigenvalue weighted by Gasteiger charge is 2.10. The van der Waals surface area contributed by atoms with Crippen LogP contribution < -0.4 is 11.1 Å². The van der Waals surface area contributed by atoms with E-state index in [2.05, 4.69) is 10.3 Å². The van der Waals surface area contributed by atoms with E-state index in [1.54, 1.807) is 6.07 Å². The molecule has 5 nitrogen and oxygen atoms in total. The van der Waals surface area contributed by atoms with Crippen molar-refractivity contribution in [2.75, 3.05) is 11.1 Å². The van der Waals surface area contributed by atoms with Crippen LogP contribution in [0.1, 0.15) is 15.9 Å². The molecule has 0 atom stereocenters. The van der Waals surface area contributed by atoms with Crippen molar-refractivity contribution in [3.8, 4) is 0 Å². The summed E-state index contributed by atoms with van der Waals surface area (Å²) in [4.78, 5) is 15.0. The summed E-state index contributed by atoms with van der Waals surface area (Å²) in [5, 5.41) is 12.5. The molecule has 0 aliphatic carbocycles. The van der Waals surface area contributed by atoms with Gasteiger partial charge >= 0.3 is 5.97 Å². The number of carbonyl (C=O) groups is 1. The first-order chi connectivity index (χ1) is 8.97. The lowest BCUT2D eigenvalue weighted by Gasteiger charge is -2.10. The second-order valence-electron chi connectivity index (χ2n) is 4.07.